The van der Waals surface area contributed by atoms with Gasteiger partial charge in [-0.05, 0) is 6.92 Å². The summed E-state index contributed by atoms with van der Waals surface area (Å²) in [6.07, 6.45) is 0. The third-order valence-electron chi connectivity index (χ3n) is 2.35. The van der Waals surface area contributed by atoms with E-state index in [1.54, 1.807) is 0 Å². The highest BCUT2D eigenvalue weighted by Crippen LogP contribution is 2.15. The first-order valence-corrected chi connectivity index (χ1v) is 6.92. The minimum absolute atomic E-state index is 0.144. The van der Waals surface area contributed by atoms with Crippen molar-refractivity contribution in [3.8, 4) is 6.01 Å². The van der Waals surface area contributed by atoms with E-state index in [-0.39, 0.29) is 12.0 Å². The molecule has 0 atom stereocenters. The standard InChI is InChI=1S/C9H15N5O2S/c1-2-16-9-12-7(10)11-8(13-9)14-3-5-17(15)6-4-14/h2-6H2,1H3,(H2,10,11,12,13). The van der Waals surface area contributed by atoms with Gasteiger partial charge in [-0.2, -0.15) is 15.0 Å². The molecule has 2 rings (SSSR count). The van der Waals surface area contributed by atoms with Crippen molar-refractivity contribution in [2.24, 2.45) is 0 Å². The SMILES string of the molecule is CCOc1nc(N)nc(N2CCS(=O)CC2)n1. The minimum Gasteiger partial charge on any atom is -0.464 e. The molecule has 1 fully saturated rings. The lowest BCUT2D eigenvalue weighted by atomic mass is 10.5. The van der Waals surface area contributed by atoms with Crippen LogP contribution in [0.15, 0.2) is 0 Å². The molecule has 0 aliphatic carbocycles. The highest BCUT2D eigenvalue weighted by Gasteiger charge is 2.19. The van der Waals surface area contributed by atoms with E-state index in [0.717, 1.165) is 0 Å². The predicted molar refractivity (Wildman–Crippen MR) is 65.5 cm³/mol. The van der Waals surface area contributed by atoms with Crippen molar-refractivity contribution in [3.05, 3.63) is 0 Å². The Balaban J connectivity index is 2.16. The Hall–Kier alpha value is -1.44. The summed E-state index contributed by atoms with van der Waals surface area (Å²) in [5, 5.41) is 0. The van der Waals surface area contributed by atoms with E-state index >= 15 is 0 Å². The van der Waals surface area contributed by atoms with Crippen LogP contribution < -0.4 is 15.4 Å². The van der Waals surface area contributed by atoms with Crippen LogP contribution in [-0.2, 0) is 10.8 Å². The third-order valence-corrected chi connectivity index (χ3v) is 3.63. The van der Waals surface area contributed by atoms with E-state index in [2.05, 4.69) is 15.0 Å². The molecule has 0 saturated carbocycles. The fourth-order valence-electron chi connectivity index (χ4n) is 1.53. The Kier molecular flexibility index (Phi) is 3.72. The van der Waals surface area contributed by atoms with Crippen LogP contribution in [-0.4, -0.2) is 50.4 Å². The number of nitrogens with zero attached hydrogens (tertiary/aromatic N) is 4. The molecule has 17 heavy (non-hydrogen) atoms. The lowest BCUT2D eigenvalue weighted by Gasteiger charge is -2.26. The zero-order valence-electron chi connectivity index (χ0n) is 9.63. The molecule has 0 aromatic carbocycles. The number of aromatic nitrogens is 3. The Bertz CT molecular complexity index is 418. The van der Waals surface area contributed by atoms with Crippen molar-refractivity contribution in [1.82, 2.24) is 15.0 Å². The van der Waals surface area contributed by atoms with Gasteiger partial charge >= 0.3 is 6.01 Å². The first-order chi connectivity index (χ1) is 8.19. The van der Waals surface area contributed by atoms with Gasteiger partial charge in [0.1, 0.15) is 0 Å². The van der Waals surface area contributed by atoms with Crippen molar-refractivity contribution >= 4 is 22.7 Å². The van der Waals surface area contributed by atoms with Gasteiger partial charge in [0, 0.05) is 35.4 Å². The van der Waals surface area contributed by atoms with Crippen molar-refractivity contribution in [2.75, 3.05) is 41.8 Å². The normalized spacial score (nSPS) is 17.1. The monoisotopic (exact) mass is 257 g/mol. The zero-order valence-corrected chi connectivity index (χ0v) is 10.4. The molecule has 2 N–H and O–H groups in total. The lowest BCUT2D eigenvalue weighted by Crippen LogP contribution is -2.39. The summed E-state index contributed by atoms with van der Waals surface area (Å²) < 4.78 is 16.5. The third kappa shape index (κ3) is 3.02. The second kappa shape index (κ2) is 5.26. The molecule has 0 spiro atoms. The largest absolute Gasteiger partial charge is 0.464 e. The summed E-state index contributed by atoms with van der Waals surface area (Å²) in [6.45, 7) is 3.67. The number of hydrogen-bond donors (Lipinski definition) is 1. The van der Waals surface area contributed by atoms with Crippen LogP contribution in [0.2, 0.25) is 0 Å². The number of nitrogen functional groups attached to an aromatic ring is 1. The van der Waals surface area contributed by atoms with Crippen LogP contribution in [0.4, 0.5) is 11.9 Å². The van der Waals surface area contributed by atoms with Gasteiger partial charge in [0.05, 0.1) is 6.61 Å². The molecule has 0 unspecified atom stereocenters. The number of rotatable bonds is 3. The molecule has 1 aliphatic rings. The predicted octanol–water partition coefficient (Wildman–Crippen LogP) is -0.579. The van der Waals surface area contributed by atoms with E-state index in [1.807, 2.05) is 11.8 Å². The molecule has 2 heterocycles. The maximum Gasteiger partial charge on any atom is 0.323 e. The van der Waals surface area contributed by atoms with Crippen LogP contribution in [0.1, 0.15) is 6.92 Å². The van der Waals surface area contributed by atoms with Crippen LogP contribution in [0, 0.1) is 0 Å². The quantitative estimate of drug-likeness (QED) is 0.774. The zero-order chi connectivity index (χ0) is 12.3. The van der Waals surface area contributed by atoms with Gasteiger partial charge in [-0.3, -0.25) is 4.21 Å². The molecule has 1 saturated heterocycles. The Morgan fingerprint density at radius 2 is 2.06 bits per heavy atom. The fraction of sp³-hybridized carbons (Fsp3) is 0.667. The first kappa shape index (κ1) is 12.0. The average Bonchev–Trinajstić information content (AvgIpc) is 2.29. The van der Waals surface area contributed by atoms with Crippen LogP contribution in [0.5, 0.6) is 6.01 Å². The summed E-state index contributed by atoms with van der Waals surface area (Å²) in [7, 11) is -0.724. The van der Waals surface area contributed by atoms with Gasteiger partial charge < -0.3 is 15.4 Å². The smallest absolute Gasteiger partial charge is 0.323 e. The second-order valence-corrected chi connectivity index (χ2v) is 5.24. The Morgan fingerprint density at radius 3 is 2.71 bits per heavy atom. The summed E-state index contributed by atoms with van der Waals surface area (Å²) in [6, 6.07) is 0.238. The Morgan fingerprint density at radius 1 is 1.35 bits per heavy atom. The van der Waals surface area contributed by atoms with Crippen molar-refractivity contribution in [2.45, 2.75) is 6.92 Å². The van der Waals surface area contributed by atoms with Crippen LogP contribution in [0.3, 0.4) is 0 Å². The van der Waals surface area contributed by atoms with E-state index in [4.69, 9.17) is 10.5 Å². The molecule has 1 aromatic heterocycles. The molecule has 0 bridgehead atoms. The minimum atomic E-state index is -0.724. The second-order valence-electron chi connectivity index (χ2n) is 3.54. The van der Waals surface area contributed by atoms with Crippen LogP contribution in [0.25, 0.3) is 0 Å². The number of hydrogen-bond acceptors (Lipinski definition) is 7. The van der Waals surface area contributed by atoms with Gasteiger partial charge in [0.25, 0.3) is 0 Å². The average molecular weight is 257 g/mol. The molecule has 94 valence electrons. The van der Waals surface area contributed by atoms with Crippen molar-refractivity contribution in [3.63, 3.8) is 0 Å². The first-order valence-electron chi connectivity index (χ1n) is 5.43. The van der Waals surface area contributed by atoms with E-state index in [1.165, 1.54) is 0 Å². The maximum absolute atomic E-state index is 11.3. The topological polar surface area (TPSA) is 94.2 Å². The van der Waals surface area contributed by atoms with Crippen molar-refractivity contribution in [1.29, 1.82) is 0 Å². The summed E-state index contributed by atoms with van der Waals surface area (Å²) >= 11 is 0. The highest BCUT2D eigenvalue weighted by molar-refractivity contribution is 7.85. The number of nitrogens with two attached hydrogens (primary N) is 1. The molecule has 8 heteroatoms. The molecule has 0 radical (unpaired) electrons. The number of anilines is 2. The van der Waals surface area contributed by atoms with Gasteiger partial charge in [-0.25, -0.2) is 0 Å². The van der Waals surface area contributed by atoms with E-state index < -0.39 is 10.8 Å². The summed E-state index contributed by atoms with van der Waals surface area (Å²) in [5.74, 6) is 1.91. The molecular weight excluding hydrogens is 242 g/mol. The summed E-state index contributed by atoms with van der Waals surface area (Å²) in [4.78, 5) is 14.1. The summed E-state index contributed by atoms with van der Waals surface area (Å²) in [5.41, 5.74) is 5.59. The van der Waals surface area contributed by atoms with E-state index in [9.17, 15) is 4.21 Å². The maximum atomic E-state index is 11.3. The van der Waals surface area contributed by atoms with Crippen LogP contribution >= 0.6 is 0 Å². The molecule has 1 aromatic rings. The van der Waals surface area contributed by atoms with Gasteiger partial charge in [0.2, 0.25) is 11.9 Å². The number of ether oxygens (including phenoxy) is 1. The highest BCUT2D eigenvalue weighted by atomic mass is 32.2. The molecule has 0 amide bonds. The molecular formula is C9H15N5O2S. The fourth-order valence-corrected chi connectivity index (χ4v) is 2.59. The van der Waals surface area contributed by atoms with Crippen molar-refractivity contribution < 1.29 is 8.95 Å². The molecule has 7 nitrogen and oxygen atoms in total. The van der Waals surface area contributed by atoms with E-state index in [0.29, 0.717) is 37.2 Å². The van der Waals surface area contributed by atoms with Gasteiger partial charge in [-0.1, -0.05) is 0 Å². The van der Waals surface area contributed by atoms with Gasteiger partial charge in [0.15, 0.2) is 0 Å². The lowest BCUT2D eigenvalue weighted by molar-refractivity contribution is 0.312. The van der Waals surface area contributed by atoms with Gasteiger partial charge in [-0.15, -0.1) is 0 Å². The molecule has 1 aliphatic heterocycles. The Labute approximate surface area is 102 Å².